The number of nitrogens with zero attached hydrogens (tertiary/aromatic N) is 2. The first-order valence-electron chi connectivity index (χ1n) is 4.68. The molecule has 0 fully saturated rings. The predicted molar refractivity (Wildman–Crippen MR) is 52.5 cm³/mol. The second-order valence-corrected chi connectivity index (χ2v) is 4.26. The highest BCUT2D eigenvalue weighted by molar-refractivity contribution is 4.90. The molecule has 1 aromatic rings. The number of aromatic nitrogens is 3. The summed E-state index contributed by atoms with van der Waals surface area (Å²) in [5.41, 5.74) is 1.32. The van der Waals surface area contributed by atoms with E-state index >= 15 is 0 Å². The summed E-state index contributed by atoms with van der Waals surface area (Å²) in [7, 11) is 0. The first kappa shape index (κ1) is 10.2. The number of nitrogens with one attached hydrogen (secondary N) is 2. The van der Waals surface area contributed by atoms with Crippen LogP contribution in [0.1, 0.15) is 32.9 Å². The van der Waals surface area contributed by atoms with Crippen LogP contribution in [0.15, 0.2) is 6.20 Å². The zero-order valence-electron chi connectivity index (χ0n) is 8.59. The normalized spacial score (nSPS) is 11.9. The molecule has 0 aliphatic rings. The highest BCUT2D eigenvalue weighted by atomic mass is 15.3. The molecular weight excluding hydrogens is 164 g/mol. The Morgan fingerprint density at radius 3 is 2.77 bits per heavy atom. The predicted octanol–water partition coefficient (Wildman–Crippen LogP) is 1.13. The molecule has 0 aliphatic carbocycles. The maximum atomic E-state index is 3.72. The van der Waals surface area contributed by atoms with E-state index in [4.69, 9.17) is 0 Å². The maximum absolute atomic E-state index is 3.72. The third-order valence-electron chi connectivity index (χ3n) is 1.74. The number of aromatic amines is 1. The monoisotopic (exact) mass is 182 g/mol. The molecule has 0 saturated carbocycles. The number of hydrogen-bond acceptors (Lipinski definition) is 3. The maximum Gasteiger partial charge on any atom is 0.0722 e. The van der Waals surface area contributed by atoms with E-state index in [0.717, 1.165) is 25.1 Å². The van der Waals surface area contributed by atoms with Gasteiger partial charge in [-0.15, -0.1) is 5.10 Å². The van der Waals surface area contributed by atoms with Crippen molar-refractivity contribution in [3.05, 3.63) is 11.9 Å². The van der Waals surface area contributed by atoms with Crippen LogP contribution in [0.4, 0.5) is 0 Å². The molecule has 4 heteroatoms. The molecule has 1 aromatic heterocycles. The van der Waals surface area contributed by atoms with Gasteiger partial charge in [-0.05, 0) is 40.2 Å². The van der Waals surface area contributed by atoms with Gasteiger partial charge >= 0.3 is 0 Å². The summed E-state index contributed by atoms with van der Waals surface area (Å²) in [4.78, 5) is 0. The van der Waals surface area contributed by atoms with Crippen molar-refractivity contribution in [3.8, 4) is 0 Å². The van der Waals surface area contributed by atoms with E-state index < -0.39 is 0 Å². The summed E-state index contributed by atoms with van der Waals surface area (Å²) in [6, 6.07) is 0. The van der Waals surface area contributed by atoms with Gasteiger partial charge in [0.2, 0.25) is 0 Å². The molecule has 0 aromatic carbocycles. The fourth-order valence-electron chi connectivity index (χ4n) is 1.08. The minimum absolute atomic E-state index is 0.215. The number of hydrogen-bond donors (Lipinski definition) is 2. The quantitative estimate of drug-likeness (QED) is 0.686. The zero-order chi connectivity index (χ0) is 9.73. The van der Waals surface area contributed by atoms with E-state index in [9.17, 15) is 0 Å². The van der Waals surface area contributed by atoms with Gasteiger partial charge in [-0.25, -0.2) is 0 Å². The standard InChI is InChI=1S/C9H18N4/c1-9(2,3)10-6-4-5-8-7-11-13-12-8/h7,10H,4-6H2,1-3H3,(H,11,12,13). The van der Waals surface area contributed by atoms with Crippen molar-refractivity contribution < 1.29 is 0 Å². The molecule has 0 amide bonds. The van der Waals surface area contributed by atoms with Gasteiger partial charge in [-0.3, -0.25) is 5.10 Å². The van der Waals surface area contributed by atoms with Gasteiger partial charge in [0, 0.05) is 5.54 Å². The Bertz CT molecular complexity index is 222. The van der Waals surface area contributed by atoms with Crippen molar-refractivity contribution >= 4 is 0 Å². The highest BCUT2D eigenvalue weighted by Crippen LogP contribution is 2.00. The second-order valence-electron chi connectivity index (χ2n) is 4.26. The van der Waals surface area contributed by atoms with Crippen molar-refractivity contribution in [2.45, 2.75) is 39.2 Å². The number of aryl methyl sites for hydroxylation is 1. The lowest BCUT2D eigenvalue weighted by Crippen LogP contribution is -2.36. The third kappa shape index (κ3) is 4.62. The fourth-order valence-corrected chi connectivity index (χ4v) is 1.08. The van der Waals surface area contributed by atoms with E-state index in [2.05, 4.69) is 41.5 Å². The smallest absolute Gasteiger partial charge is 0.0722 e. The van der Waals surface area contributed by atoms with Crippen LogP contribution in [-0.4, -0.2) is 27.5 Å². The fraction of sp³-hybridized carbons (Fsp3) is 0.778. The van der Waals surface area contributed by atoms with Crippen molar-refractivity contribution in [1.29, 1.82) is 0 Å². The largest absolute Gasteiger partial charge is 0.312 e. The summed E-state index contributed by atoms with van der Waals surface area (Å²) in [5.74, 6) is 0. The van der Waals surface area contributed by atoms with Crippen molar-refractivity contribution in [2.24, 2.45) is 0 Å². The van der Waals surface area contributed by atoms with Crippen LogP contribution in [-0.2, 0) is 6.42 Å². The van der Waals surface area contributed by atoms with Gasteiger partial charge in [0.1, 0.15) is 0 Å². The van der Waals surface area contributed by atoms with Crippen molar-refractivity contribution in [3.63, 3.8) is 0 Å². The lowest BCUT2D eigenvalue weighted by atomic mass is 10.1. The molecule has 4 nitrogen and oxygen atoms in total. The molecule has 0 saturated heterocycles. The van der Waals surface area contributed by atoms with Gasteiger partial charge in [0.25, 0.3) is 0 Å². The molecule has 0 unspecified atom stereocenters. The number of H-pyrrole nitrogens is 1. The summed E-state index contributed by atoms with van der Waals surface area (Å²) in [6.07, 6.45) is 3.90. The van der Waals surface area contributed by atoms with E-state index in [1.165, 1.54) is 0 Å². The molecule has 0 spiro atoms. The highest BCUT2D eigenvalue weighted by Gasteiger charge is 2.07. The molecule has 0 atom stereocenters. The van der Waals surface area contributed by atoms with Gasteiger partial charge in [-0.2, -0.15) is 0 Å². The zero-order valence-corrected chi connectivity index (χ0v) is 8.59. The van der Waals surface area contributed by atoms with Gasteiger partial charge in [0.05, 0.1) is 11.9 Å². The van der Waals surface area contributed by atoms with E-state index in [1.807, 2.05) is 0 Å². The average molecular weight is 182 g/mol. The van der Waals surface area contributed by atoms with E-state index in [0.29, 0.717) is 0 Å². The Labute approximate surface area is 79.1 Å². The van der Waals surface area contributed by atoms with Crippen LogP contribution < -0.4 is 5.32 Å². The Kier molecular flexibility index (Phi) is 3.42. The van der Waals surface area contributed by atoms with E-state index in [1.54, 1.807) is 6.20 Å². The van der Waals surface area contributed by atoms with Crippen LogP contribution in [0.3, 0.4) is 0 Å². The SMILES string of the molecule is CC(C)(C)NCCCc1cnn[nH]1. The summed E-state index contributed by atoms with van der Waals surface area (Å²) in [5, 5.41) is 13.7. The Hall–Kier alpha value is -0.900. The average Bonchev–Trinajstić information content (AvgIpc) is 2.48. The van der Waals surface area contributed by atoms with Crippen LogP contribution in [0.2, 0.25) is 0 Å². The summed E-state index contributed by atoms with van der Waals surface area (Å²) < 4.78 is 0. The van der Waals surface area contributed by atoms with Gasteiger partial charge < -0.3 is 5.32 Å². The molecule has 0 aliphatic heterocycles. The first-order valence-corrected chi connectivity index (χ1v) is 4.68. The lowest BCUT2D eigenvalue weighted by Gasteiger charge is -2.20. The molecule has 0 radical (unpaired) electrons. The molecule has 2 N–H and O–H groups in total. The molecule has 74 valence electrons. The molecule has 13 heavy (non-hydrogen) atoms. The Morgan fingerprint density at radius 2 is 2.23 bits per heavy atom. The lowest BCUT2D eigenvalue weighted by molar-refractivity contribution is 0.422. The van der Waals surface area contributed by atoms with Crippen molar-refractivity contribution in [1.82, 2.24) is 20.7 Å². The second kappa shape index (κ2) is 4.37. The van der Waals surface area contributed by atoms with Crippen LogP contribution >= 0.6 is 0 Å². The first-order chi connectivity index (χ1) is 6.08. The number of rotatable bonds is 4. The molecule has 1 rings (SSSR count). The van der Waals surface area contributed by atoms with Crippen LogP contribution in [0.25, 0.3) is 0 Å². The summed E-state index contributed by atoms with van der Waals surface area (Å²) in [6.45, 7) is 7.54. The molecule has 1 heterocycles. The summed E-state index contributed by atoms with van der Waals surface area (Å²) >= 11 is 0. The minimum atomic E-state index is 0.215. The molecule has 0 bridgehead atoms. The minimum Gasteiger partial charge on any atom is -0.312 e. The Balaban J connectivity index is 2.09. The van der Waals surface area contributed by atoms with Crippen molar-refractivity contribution in [2.75, 3.05) is 6.54 Å². The Morgan fingerprint density at radius 1 is 1.46 bits per heavy atom. The van der Waals surface area contributed by atoms with Gasteiger partial charge in [0.15, 0.2) is 0 Å². The topological polar surface area (TPSA) is 53.6 Å². The third-order valence-corrected chi connectivity index (χ3v) is 1.74. The van der Waals surface area contributed by atoms with Crippen LogP contribution in [0.5, 0.6) is 0 Å². The van der Waals surface area contributed by atoms with Crippen LogP contribution in [0, 0.1) is 0 Å². The van der Waals surface area contributed by atoms with E-state index in [-0.39, 0.29) is 5.54 Å². The van der Waals surface area contributed by atoms with Gasteiger partial charge in [-0.1, -0.05) is 5.21 Å². The molecular formula is C9H18N4.